The van der Waals surface area contributed by atoms with Gasteiger partial charge >= 0.3 is 5.13 Å². The minimum atomic E-state index is -0.261. The Bertz CT molecular complexity index is 755. The Hall–Kier alpha value is -1.79. The third-order valence-corrected chi connectivity index (χ3v) is 4.12. The molecule has 0 atom stereocenters. The van der Waals surface area contributed by atoms with Crippen LogP contribution in [0.2, 0.25) is 0 Å². The van der Waals surface area contributed by atoms with Crippen molar-refractivity contribution in [2.24, 2.45) is 7.05 Å². The number of benzene rings is 2. The predicted molar refractivity (Wildman–Crippen MR) is 80.6 cm³/mol. The third-order valence-electron chi connectivity index (χ3n) is 3.18. The highest BCUT2D eigenvalue weighted by Gasteiger charge is 2.16. The van der Waals surface area contributed by atoms with Crippen LogP contribution in [0.15, 0.2) is 53.9 Å². The maximum absolute atomic E-state index is 13.0. The zero-order valence-electron chi connectivity index (χ0n) is 11.7. The van der Waals surface area contributed by atoms with Crippen LogP contribution in [-0.2, 0) is 7.05 Å². The fourth-order valence-corrected chi connectivity index (χ4v) is 2.98. The highest BCUT2D eigenvalue weighted by molar-refractivity contribution is 7.13. The van der Waals surface area contributed by atoms with Gasteiger partial charge in [0.15, 0.2) is 0 Å². The molecule has 0 amide bonds. The summed E-state index contributed by atoms with van der Waals surface area (Å²) in [6.07, 6.45) is 0. The SMILES string of the molecule is C[n+]1c(-c2ccc(F)cc2)csc1Nc1ccc(F)cc1.[Br-]. The monoisotopic (exact) mass is 382 g/mol. The second kappa shape index (κ2) is 6.98. The summed E-state index contributed by atoms with van der Waals surface area (Å²) in [7, 11) is 1.93. The molecular weight excluding hydrogens is 370 g/mol. The van der Waals surface area contributed by atoms with Crippen molar-refractivity contribution in [3.63, 3.8) is 0 Å². The Morgan fingerprint density at radius 3 is 2.05 bits per heavy atom. The lowest BCUT2D eigenvalue weighted by Gasteiger charge is -2.01. The highest BCUT2D eigenvalue weighted by atomic mass is 79.9. The molecule has 0 bridgehead atoms. The summed E-state index contributed by atoms with van der Waals surface area (Å²) in [6.45, 7) is 0. The lowest BCUT2D eigenvalue weighted by molar-refractivity contribution is -0.641. The van der Waals surface area contributed by atoms with Crippen molar-refractivity contribution in [3.8, 4) is 11.3 Å². The van der Waals surface area contributed by atoms with E-state index in [2.05, 4.69) is 5.32 Å². The topological polar surface area (TPSA) is 15.9 Å². The third kappa shape index (κ3) is 3.51. The van der Waals surface area contributed by atoms with Crippen LogP contribution >= 0.6 is 11.3 Å². The number of hydrogen-bond acceptors (Lipinski definition) is 2. The maximum atomic E-state index is 13.0. The molecule has 0 aliphatic heterocycles. The Kier molecular flexibility index (Phi) is 5.26. The lowest BCUT2D eigenvalue weighted by atomic mass is 10.2. The number of thiazole rings is 1. The lowest BCUT2D eigenvalue weighted by Crippen LogP contribution is -3.00. The van der Waals surface area contributed by atoms with E-state index in [9.17, 15) is 8.78 Å². The molecule has 0 aliphatic rings. The van der Waals surface area contributed by atoms with Crippen LogP contribution < -0.4 is 26.9 Å². The smallest absolute Gasteiger partial charge is 0.339 e. The molecule has 22 heavy (non-hydrogen) atoms. The molecular formula is C16H13BrF2N2S. The molecule has 2 nitrogen and oxygen atoms in total. The van der Waals surface area contributed by atoms with Crippen LogP contribution in [0.25, 0.3) is 11.3 Å². The maximum Gasteiger partial charge on any atom is 0.339 e. The van der Waals surface area contributed by atoms with Gasteiger partial charge in [0.05, 0.1) is 7.05 Å². The highest BCUT2D eigenvalue weighted by Crippen LogP contribution is 2.25. The molecule has 0 radical (unpaired) electrons. The minimum absolute atomic E-state index is 0. The van der Waals surface area contributed by atoms with Crippen molar-refractivity contribution in [3.05, 3.63) is 65.5 Å². The first-order chi connectivity index (χ1) is 10.1. The van der Waals surface area contributed by atoms with Crippen molar-refractivity contribution < 1.29 is 30.3 Å². The van der Waals surface area contributed by atoms with Crippen LogP contribution in [-0.4, -0.2) is 0 Å². The van der Waals surface area contributed by atoms with Crippen LogP contribution in [0.5, 0.6) is 0 Å². The Morgan fingerprint density at radius 1 is 0.909 bits per heavy atom. The van der Waals surface area contributed by atoms with E-state index in [0.717, 1.165) is 22.1 Å². The first-order valence-corrected chi connectivity index (χ1v) is 7.27. The van der Waals surface area contributed by atoms with Gasteiger partial charge in [-0.05, 0) is 48.5 Å². The van der Waals surface area contributed by atoms with E-state index in [-0.39, 0.29) is 28.6 Å². The first-order valence-electron chi connectivity index (χ1n) is 6.39. The summed E-state index contributed by atoms with van der Waals surface area (Å²) in [6, 6.07) is 12.6. The first kappa shape index (κ1) is 16.6. The minimum Gasteiger partial charge on any atom is -1.00 e. The Morgan fingerprint density at radius 2 is 1.45 bits per heavy atom. The van der Waals surface area contributed by atoms with Crippen LogP contribution in [0, 0.1) is 11.6 Å². The predicted octanol–water partition coefficient (Wildman–Crippen LogP) is 1.27. The summed E-state index contributed by atoms with van der Waals surface area (Å²) in [5.41, 5.74) is 2.76. The number of halogens is 3. The molecule has 0 saturated heterocycles. The van der Waals surface area contributed by atoms with Gasteiger partial charge in [0.1, 0.15) is 23.0 Å². The van der Waals surface area contributed by atoms with Crippen LogP contribution in [0.4, 0.5) is 19.6 Å². The molecule has 0 spiro atoms. The number of rotatable bonds is 3. The fraction of sp³-hybridized carbons (Fsp3) is 0.0625. The molecule has 1 N–H and O–H groups in total. The molecule has 0 unspecified atom stereocenters. The van der Waals surface area contributed by atoms with Crippen molar-refractivity contribution in [2.75, 3.05) is 5.32 Å². The van der Waals surface area contributed by atoms with E-state index in [0.29, 0.717) is 0 Å². The molecule has 0 fully saturated rings. The van der Waals surface area contributed by atoms with Crippen molar-refractivity contribution in [1.82, 2.24) is 0 Å². The van der Waals surface area contributed by atoms with Gasteiger partial charge in [-0.15, -0.1) is 0 Å². The number of hydrogen-bond donors (Lipinski definition) is 1. The zero-order valence-corrected chi connectivity index (χ0v) is 14.1. The largest absolute Gasteiger partial charge is 1.00 e. The molecule has 1 heterocycles. The van der Waals surface area contributed by atoms with Crippen molar-refractivity contribution >= 4 is 22.2 Å². The second-order valence-electron chi connectivity index (χ2n) is 4.62. The molecule has 6 heteroatoms. The average Bonchev–Trinajstić information content (AvgIpc) is 2.84. The van der Waals surface area contributed by atoms with Crippen molar-refractivity contribution in [1.29, 1.82) is 0 Å². The van der Waals surface area contributed by atoms with Gasteiger partial charge in [0.25, 0.3) is 0 Å². The number of anilines is 2. The second-order valence-corrected chi connectivity index (χ2v) is 5.48. The normalized spacial score (nSPS) is 10.1. The summed E-state index contributed by atoms with van der Waals surface area (Å²) in [5, 5.41) is 6.16. The van der Waals surface area contributed by atoms with E-state index in [4.69, 9.17) is 0 Å². The van der Waals surface area contributed by atoms with Gasteiger partial charge < -0.3 is 17.0 Å². The number of aromatic nitrogens is 1. The van der Waals surface area contributed by atoms with E-state index in [1.807, 2.05) is 17.0 Å². The van der Waals surface area contributed by atoms with E-state index >= 15 is 0 Å². The van der Waals surface area contributed by atoms with Gasteiger partial charge in [-0.2, -0.15) is 0 Å². The van der Waals surface area contributed by atoms with E-state index < -0.39 is 0 Å². The number of nitrogens with one attached hydrogen (secondary N) is 1. The Labute approximate surface area is 141 Å². The average molecular weight is 383 g/mol. The van der Waals surface area contributed by atoms with Gasteiger partial charge in [-0.25, -0.2) is 18.7 Å². The molecule has 3 rings (SSSR count). The summed E-state index contributed by atoms with van der Waals surface area (Å²) < 4.78 is 27.9. The van der Waals surface area contributed by atoms with Gasteiger partial charge in [-0.3, -0.25) is 0 Å². The molecule has 2 aromatic carbocycles. The van der Waals surface area contributed by atoms with E-state index in [1.54, 1.807) is 24.3 Å². The molecule has 3 aromatic rings. The standard InChI is InChI=1S/C16H12F2N2S.BrH/c1-20-15(11-2-4-12(17)5-3-11)10-21-16(20)19-14-8-6-13(18)7-9-14;/h2-10H,1H3;1H. The van der Waals surface area contributed by atoms with Crippen LogP contribution in [0.1, 0.15) is 0 Å². The summed E-state index contributed by atoms with van der Waals surface area (Å²) in [4.78, 5) is 0. The molecule has 1 aromatic heterocycles. The Balaban J connectivity index is 0.00000176. The van der Waals surface area contributed by atoms with E-state index in [1.165, 1.54) is 35.6 Å². The van der Waals surface area contributed by atoms with Crippen molar-refractivity contribution in [2.45, 2.75) is 0 Å². The molecule has 0 saturated carbocycles. The summed E-state index contributed by atoms with van der Waals surface area (Å²) >= 11 is 1.54. The van der Waals surface area contributed by atoms with Gasteiger partial charge in [-0.1, -0.05) is 11.3 Å². The zero-order chi connectivity index (χ0) is 14.8. The quantitative estimate of drug-likeness (QED) is 0.674. The fourth-order valence-electron chi connectivity index (χ4n) is 2.03. The summed E-state index contributed by atoms with van der Waals surface area (Å²) in [5.74, 6) is -0.510. The van der Waals surface area contributed by atoms with Crippen LogP contribution in [0.3, 0.4) is 0 Å². The molecule has 114 valence electrons. The number of nitrogens with zero attached hydrogens (tertiary/aromatic N) is 1. The molecule has 0 aliphatic carbocycles. The van der Waals surface area contributed by atoms with Gasteiger partial charge in [0.2, 0.25) is 0 Å². The van der Waals surface area contributed by atoms with Gasteiger partial charge in [0, 0.05) is 10.9 Å².